The molecule has 4 rings (SSSR count). The van der Waals surface area contributed by atoms with Gasteiger partial charge in [0.1, 0.15) is 11.5 Å². The van der Waals surface area contributed by atoms with E-state index in [2.05, 4.69) is 20.3 Å². The van der Waals surface area contributed by atoms with Gasteiger partial charge in [-0.25, -0.2) is 9.97 Å². The van der Waals surface area contributed by atoms with E-state index >= 15 is 0 Å². The number of halogens is 3. The lowest BCUT2D eigenvalue weighted by atomic mass is 10.2. The summed E-state index contributed by atoms with van der Waals surface area (Å²) in [6.07, 6.45) is -1.33. The number of nitrogens with one attached hydrogen (secondary N) is 1. The fourth-order valence-electron chi connectivity index (χ4n) is 2.71. The summed E-state index contributed by atoms with van der Waals surface area (Å²) in [4.78, 5) is 24.1. The van der Waals surface area contributed by atoms with Crippen LogP contribution in [-0.4, -0.2) is 33.1 Å². The molecule has 0 unspecified atom stereocenters. The molecule has 0 aliphatic heterocycles. The minimum absolute atomic E-state index is 0.0724. The highest BCUT2D eigenvalue weighted by atomic mass is 32.1. The number of hydrogen-bond donors (Lipinski definition) is 2. The van der Waals surface area contributed by atoms with Gasteiger partial charge >= 0.3 is 6.18 Å². The van der Waals surface area contributed by atoms with Crippen LogP contribution < -0.4 is 14.8 Å². The highest BCUT2D eigenvalue weighted by Gasteiger charge is 2.31. The Hall–Kier alpha value is -3.93. The summed E-state index contributed by atoms with van der Waals surface area (Å²) in [6, 6.07) is 6.96. The van der Waals surface area contributed by atoms with E-state index in [1.54, 1.807) is 12.1 Å². The number of nitrogens with zero attached hydrogens (tertiary/aromatic N) is 3. The molecular weight excluding hydrogens is 449 g/mol. The van der Waals surface area contributed by atoms with Crippen molar-refractivity contribution in [1.82, 2.24) is 15.0 Å². The second kappa shape index (κ2) is 8.30. The van der Waals surface area contributed by atoms with E-state index in [1.165, 1.54) is 31.6 Å². The van der Waals surface area contributed by atoms with Crippen LogP contribution >= 0.6 is 11.3 Å². The Morgan fingerprint density at radius 2 is 1.97 bits per heavy atom. The van der Waals surface area contributed by atoms with Gasteiger partial charge in [-0.2, -0.15) is 13.2 Å². The number of aromatic hydroxyl groups is 1. The molecule has 0 spiro atoms. The first-order valence-corrected chi connectivity index (χ1v) is 9.70. The summed E-state index contributed by atoms with van der Waals surface area (Å²) in [5.41, 5.74) is -0.624. The zero-order valence-corrected chi connectivity index (χ0v) is 17.0. The maximum atomic E-state index is 12.8. The number of methoxy groups -OCH3 is 1. The van der Waals surface area contributed by atoms with Gasteiger partial charge in [-0.05, 0) is 18.2 Å². The second-order valence-electron chi connectivity index (χ2n) is 6.32. The third-order valence-electron chi connectivity index (χ3n) is 4.18. The summed E-state index contributed by atoms with van der Waals surface area (Å²) in [5.74, 6) is -0.796. The number of thiazole rings is 1. The van der Waals surface area contributed by atoms with Crippen LogP contribution in [0.2, 0.25) is 0 Å². The molecule has 1 amide bonds. The van der Waals surface area contributed by atoms with Crippen molar-refractivity contribution >= 4 is 32.6 Å². The summed E-state index contributed by atoms with van der Waals surface area (Å²) < 4.78 is 49.6. The first-order valence-electron chi connectivity index (χ1n) is 8.88. The van der Waals surface area contributed by atoms with Gasteiger partial charge < -0.3 is 14.6 Å². The van der Waals surface area contributed by atoms with Crippen molar-refractivity contribution in [3.8, 4) is 23.0 Å². The Morgan fingerprint density at radius 3 is 2.72 bits per heavy atom. The number of ether oxygens (including phenoxy) is 2. The van der Waals surface area contributed by atoms with Crippen molar-refractivity contribution in [1.29, 1.82) is 0 Å². The van der Waals surface area contributed by atoms with Crippen molar-refractivity contribution in [3.05, 3.63) is 60.2 Å². The van der Waals surface area contributed by atoms with Gasteiger partial charge in [0.15, 0.2) is 22.3 Å². The minimum Gasteiger partial charge on any atom is -0.503 e. The molecule has 2 N–H and O–H groups in total. The number of carbonyl (C=O) groups excluding carboxylic acids is 1. The number of benzene rings is 1. The van der Waals surface area contributed by atoms with E-state index in [-0.39, 0.29) is 28.1 Å². The first-order chi connectivity index (χ1) is 15.2. The maximum absolute atomic E-state index is 12.8. The van der Waals surface area contributed by atoms with Crippen LogP contribution in [0.1, 0.15) is 16.1 Å². The standard InChI is InChI=1S/C20H13F3N4O4S/c1-30-14-4-5-25-16(17(14)28)18(29)27-19-26-13-3-2-11(7-15(13)32-19)31-12-6-10(8-24-9-12)20(21,22)23/h2-9,28H,1H3,(H,26,27,29). The Kier molecular flexibility index (Phi) is 5.53. The van der Waals surface area contributed by atoms with Crippen LogP contribution in [0.3, 0.4) is 0 Å². The molecular formula is C20H13F3N4O4S. The van der Waals surface area contributed by atoms with E-state index in [0.29, 0.717) is 16.4 Å². The predicted molar refractivity (Wildman–Crippen MR) is 109 cm³/mol. The molecule has 3 heterocycles. The summed E-state index contributed by atoms with van der Waals surface area (Å²) in [6.45, 7) is 0. The molecule has 164 valence electrons. The van der Waals surface area contributed by atoms with E-state index in [0.717, 1.165) is 17.4 Å². The van der Waals surface area contributed by atoms with Crippen LogP contribution in [0.4, 0.5) is 18.3 Å². The molecule has 0 aliphatic rings. The molecule has 0 saturated heterocycles. The van der Waals surface area contributed by atoms with Crippen LogP contribution in [-0.2, 0) is 6.18 Å². The minimum atomic E-state index is -4.53. The highest BCUT2D eigenvalue weighted by molar-refractivity contribution is 7.22. The van der Waals surface area contributed by atoms with Crippen LogP contribution in [0, 0.1) is 0 Å². The molecule has 0 aliphatic carbocycles. The van der Waals surface area contributed by atoms with Crippen LogP contribution in [0.5, 0.6) is 23.0 Å². The number of anilines is 1. The van der Waals surface area contributed by atoms with Crippen molar-refractivity contribution in [3.63, 3.8) is 0 Å². The predicted octanol–water partition coefficient (Wildman–Crippen LogP) is 4.86. The topological polar surface area (TPSA) is 106 Å². The van der Waals surface area contributed by atoms with Crippen molar-refractivity contribution in [2.45, 2.75) is 6.18 Å². The average Bonchev–Trinajstić information content (AvgIpc) is 3.15. The van der Waals surface area contributed by atoms with Crippen molar-refractivity contribution in [2.75, 3.05) is 12.4 Å². The lowest BCUT2D eigenvalue weighted by Gasteiger charge is -2.09. The molecule has 1 aromatic carbocycles. The smallest absolute Gasteiger partial charge is 0.418 e. The SMILES string of the molecule is COc1ccnc(C(=O)Nc2nc3ccc(Oc4cncc(C(F)(F)F)c4)cc3s2)c1O. The molecule has 3 aromatic heterocycles. The fraction of sp³-hybridized carbons (Fsp3) is 0.100. The van der Waals surface area contributed by atoms with Gasteiger partial charge in [-0.1, -0.05) is 11.3 Å². The quantitative estimate of drug-likeness (QED) is 0.436. The van der Waals surface area contributed by atoms with E-state index in [4.69, 9.17) is 9.47 Å². The Balaban J connectivity index is 1.54. The number of rotatable bonds is 5. The van der Waals surface area contributed by atoms with Gasteiger partial charge in [0.2, 0.25) is 0 Å². The molecule has 0 bridgehead atoms. The average molecular weight is 462 g/mol. The number of pyridine rings is 2. The first kappa shape index (κ1) is 21.3. The molecule has 0 saturated carbocycles. The molecule has 32 heavy (non-hydrogen) atoms. The number of fused-ring (bicyclic) bond motifs is 1. The number of amides is 1. The van der Waals surface area contributed by atoms with Gasteiger partial charge in [0.05, 0.1) is 29.1 Å². The zero-order chi connectivity index (χ0) is 22.9. The van der Waals surface area contributed by atoms with Gasteiger partial charge in [0.25, 0.3) is 5.91 Å². The summed E-state index contributed by atoms with van der Waals surface area (Å²) in [7, 11) is 1.35. The van der Waals surface area contributed by atoms with Crippen LogP contribution in [0.25, 0.3) is 10.2 Å². The van der Waals surface area contributed by atoms with Gasteiger partial charge in [-0.15, -0.1) is 0 Å². The zero-order valence-electron chi connectivity index (χ0n) is 16.2. The maximum Gasteiger partial charge on any atom is 0.418 e. The number of carbonyl (C=O) groups is 1. The Bertz CT molecular complexity index is 1310. The van der Waals surface area contributed by atoms with Gasteiger partial charge in [-0.3, -0.25) is 15.1 Å². The fourth-order valence-corrected chi connectivity index (χ4v) is 3.60. The molecule has 0 atom stereocenters. The number of hydrogen-bond acceptors (Lipinski definition) is 8. The van der Waals surface area contributed by atoms with E-state index in [1.807, 2.05) is 0 Å². The van der Waals surface area contributed by atoms with Crippen molar-refractivity contribution in [2.24, 2.45) is 0 Å². The lowest BCUT2D eigenvalue weighted by molar-refractivity contribution is -0.137. The van der Waals surface area contributed by atoms with E-state index in [9.17, 15) is 23.1 Å². The third-order valence-corrected chi connectivity index (χ3v) is 5.11. The van der Waals surface area contributed by atoms with Gasteiger partial charge in [0, 0.05) is 24.5 Å². The molecule has 8 nitrogen and oxygen atoms in total. The Morgan fingerprint density at radius 1 is 1.16 bits per heavy atom. The molecule has 0 fully saturated rings. The summed E-state index contributed by atoms with van der Waals surface area (Å²) in [5, 5.41) is 12.8. The molecule has 0 radical (unpaired) electrons. The lowest BCUT2D eigenvalue weighted by Crippen LogP contribution is -2.13. The largest absolute Gasteiger partial charge is 0.503 e. The van der Waals surface area contributed by atoms with E-state index < -0.39 is 23.4 Å². The monoisotopic (exact) mass is 462 g/mol. The van der Waals surface area contributed by atoms with Crippen LogP contribution in [0.15, 0.2) is 48.9 Å². The number of aromatic nitrogens is 3. The molecule has 12 heteroatoms. The summed E-state index contributed by atoms with van der Waals surface area (Å²) >= 11 is 1.11. The Labute approximate surface area is 182 Å². The molecule has 4 aromatic rings. The van der Waals surface area contributed by atoms with Crippen molar-refractivity contribution < 1.29 is 32.5 Å². The highest BCUT2D eigenvalue weighted by Crippen LogP contribution is 2.34. The number of alkyl halides is 3. The third kappa shape index (κ3) is 4.39. The normalized spacial score (nSPS) is 11.4. The second-order valence-corrected chi connectivity index (χ2v) is 7.35.